The lowest BCUT2D eigenvalue weighted by molar-refractivity contribution is 0.0572. The molecule has 1 amide bonds. The third-order valence-electron chi connectivity index (χ3n) is 3.41. The second kappa shape index (κ2) is 5.28. The molecule has 0 saturated carbocycles. The number of hydrogen-bond donors (Lipinski definition) is 1. The van der Waals surface area contributed by atoms with Crippen LogP contribution in [0.4, 0.5) is 5.69 Å². The van der Waals surface area contributed by atoms with Crippen LogP contribution in [0.15, 0.2) is 22.7 Å². The molecule has 0 bridgehead atoms. The van der Waals surface area contributed by atoms with Gasteiger partial charge in [-0.2, -0.15) is 0 Å². The molecule has 0 radical (unpaired) electrons. The summed E-state index contributed by atoms with van der Waals surface area (Å²) in [5.41, 5.74) is 7.03. The molecule has 1 aromatic carbocycles. The highest BCUT2D eigenvalue weighted by Crippen LogP contribution is 2.19. The predicted octanol–water partition coefficient (Wildman–Crippen LogP) is 1.81. The molecule has 1 unspecified atom stereocenters. The number of carbonyl (C=O) groups is 1. The lowest BCUT2D eigenvalue weighted by atomic mass is 10.1. The van der Waals surface area contributed by atoms with Gasteiger partial charge in [0.2, 0.25) is 0 Å². The Balaban J connectivity index is 2.16. The van der Waals surface area contributed by atoms with Crippen LogP contribution in [-0.4, -0.2) is 48.4 Å². The van der Waals surface area contributed by atoms with Crippen LogP contribution in [0.25, 0.3) is 0 Å². The molecule has 4 nitrogen and oxygen atoms in total. The monoisotopic (exact) mass is 311 g/mol. The van der Waals surface area contributed by atoms with E-state index >= 15 is 0 Å². The first-order chi connectivity index (χ1) is 8.47. The molecule has 1 atom stereocenters. The molecule has 1 fully saturated rings. The molecule has 1 saturated heterocycles. The van der Waals surface area contributed by atoms with Gasteiger partial charge in [0.25, 0.3) is 5.91 Å². The molecule has 1 aliphatic heterocycles. The van der Waals surface area contributed by atoms with E-state index in [1.807, 2.05) is 11.0 Å². The lowest BCUT2D eigenvalue weighted by Gasteiger charge is -2.37. The number of piperazine rings is 1. The molecule has 1 heterocycles. The number of hydrogen-bond acceptors (Lipinski definition) is 3. The zero-order valence-corrected chi connectivity index (χ0v) is 12.3. The first-order valence-electron chi connectivity index (χ1n) is 6.03. The van der Waals surface area contributed by atoms with Crippen LogP contribution in [0.1, 0.15) is 17.3 Å². The van der Waals surface area contributed by atoms with Crippen LogP contribution in [0.3, 0.4) is 0 Å². The van der Waals surface area contributed by atoms with E-state index in [1.54, 1.807) is 12.1 Å². The van der Waals surface area contributed by atoms with Gasteiger partial charge in [-0.15, -0.1) is 0 Å². The van der Waals surface area contributed by atoms with Gasteiger partial charge in [-0.3, -0.25) is 4.79 Å². The fourth-order valence-corrected chi connectivity index (χ4v) is 2.66. The predicted molar refractivity (Wildman–Crippen MR) is 76.5 cm³/mol. The van der Waals surface area contributed by atoms with Crippen LogP contribution < -0.4 is 5.73 Å². The molecule has 18 heavy (non-hydrogen) atoms. The van der Waals surface area contributed by atoms with Gasteiger partial charge in [-0.05, 0) is 32.2 Å². The van der Waals surface area contributed by atoms with E-state index in [9.17, 15) is 4.79 Å². The van der Waals surface area contributed by atoms with E-state index in [1.165, 1.54) is 0 Å². The average Bonchev–Trinajstić information content (AvgIpc) is 2.30. The number of amides is 1. The van der Waals surface area contributed by atoms with E-state index in [2.05, 4.69) is 34.8 Å². The summed E-state index contributed by atoms with van der Waals surface area (Å²) in [6.07, 6.45) is 0. The zero-order chi connectivity index (χ0) is 13.3. The van der Waals surface area contributed by atoms with Crippen molar-refractivity contribution in [2.24, 2.45) is 0 Å². The number of likely N-dealkylation sites (N-methyl/N-ethyl adjacent to an activating group) is 1. The summed E-state index contributed by atoms with van der Waals surface area (Å²) in [7, 11) is 2.09. The average molecular weight is 312 g/mol. The minimum absolute atomic E-state index is 0.0583. The summed E-state index contributed by atoms with van der Waals surface area (Å²) in [5, 5.41) is 0. The summed E-state index contributed by atoms with van der Waals surface area (Å²) < 4.78 is 0.841. The van der Waals surface area contributed by atoms with Crippen molar-refractivity contribution in [2.45, 2.75) is 13.0 Å². The molecule has 98 valence electrons. The molecule has 5 heteroatoms. The number of halogens is 1. The molecule has 0 aromatic heterocycles. The van der Waals surface area contributed by atoms with Crippen LogP contribution in [0.2, 0.25) is 0 Å². The fraction of sp³-hybridized carbons (Fsp3) is 0.462. The summed E-state index contributed by atoms with van der Waals surface area (Å²) >= 11 is 3.37. The van der Waals surface area contributed by atoms with Crippen LogP contribution in [-0.2, 0) is 0 Å². The first-order valence-corrected chi connectivity index (χ1v) is 6.82. The Morgan fingerprint density at radius 1 is 1.39 bits per heavy atom. The first kappa shape index (κ1) is 13.4. The zero-order valence-electron chi connectivity index (χ0n) is 10.7. The van der Waals surface area contributed by atoms with Crippen LogP contribution >= 0.6 is 15.9 Å². The molecule has 2 rings (SSSR count). The van der Waals surface area contributed by atoms with Gasteiger partial charge in [0.1, 0.15) is 0 Å². The quantitative estimate of drug-likeness (QED) is 0.805. The molecule has 1 aromatic rings. The van der Waals surface area contributed by atoms with E-state index in [0.29, 0.717) is 17.3 Å². The molecule has 0 aliphatic carbocycles. The number of nitrogen functional groups attached to an aromatic ring is 1. The van der Waals surface area contributed by atoms with Gasteiger partial charge in [-0.1, -0.05) is 15.9 Å². The van der Waals surface area contributed by atoms with Crippen molar-refractivity contribution in [3.05, 3.63) is 28.2 Å². The van der Waals surface area contributed by atoms with Gasteiger partial charge < -0.3 is 15.5 Å². The van der Waals surface area contributed by atoms with Crippen molar-refractivity contribution in [3.8, 4) is 0 Å². The standard InChI is InChI=1S/C13H18BrN3O/c1-9-8-17(4-3-16(9)2)13(18)10-5-11(14)7-12(15)6-10/h5-7,9H,3-4,8,15H2,1-2H3. The van der Waals surface area contributed by atoms with Gasteiger partial charge in [-0.25, -0.2) is 0 Å². The Morgan fingerprint density at radius 2 is 2.11 bits per heavy atom. The smallest absolute Gasteiger partial charge is 0.254 e. The van der Waals surface area contributed by atoms with Gasteiger partial charge in [0, 0.05) is 41.4 Å². The number of anilines is 1. The molecular formula is C13H18BrN3O. The van der Waals surface area contributed by atoms with Crippen molar-refractivity contribution in [3.63, 3.8) is 0 Å². The molecular weight excluding hydrogens is 294 g/mol. The van der Waals surface area contributed by atoms with E-state index in [4.69, 9.17) is 5.73 Å². The third-order valence-corrected chi connectivity index (χ3v) is 3.87. The number of carbonyl (C=O) groups excluding carboxylic acids is 1. The van der Waals surface area contributed by atoms with Crippen LogP contribution in [0, 0.1) is 0 Å². The maximum absolute atomic E-state index is 12.4. The van der Waals surface area contributed by atoms with Gasteiger partial charge >= 0.3 is 0 Å². The summed E-state index contributed by atoms with van der Waals surface area (Å²) in [4.78, 5) is 16.5. The summed E-state index contributed by atoms with van der Waals surface area (Å²) in [6, 6.07) is 5.74. The maximum Gasteiger partial charge on any atom is 0.254 e. The fourth-order valence-electron chi connectivity index (χ4n) is 2.15. The highest BCUT2D eigenvalue weighted by Gasteiger charge is 2.25. The Labute approximate surface area is 116 Å². The lowest BCUT2D eigenvalue weighted by Crippen LogP contribution is -2.52. The maximum atomic E-state index is 12.4. The van der Waals surface area contributed by atoms with Crippen molar-refractivity contribution in [1.82, 2.24) is 9.80 Å². The number of rotatable bonds is 1. The summed E-state index contributed by atoms with van der Waals surface area (Å²) in [5.74, 6) is 0.0583. The van der Waals surface area contributed by atoms with Crippen molar-refractivity contribution in [2.75, 3.05) is 32.4 Å². The van der Waals surface area contributed by atoms with E-state index in [0.717, 1.165) is 24.1 Å². The number of benzene rings is 1. The third kappa shape index (κ3) is 2.84. The highest BCUT2D eigenvalue weighted by atomic mass is 79.9. The Bertz CT molecular complexity index is 443. The largest absolute Gasteiger partial charge is 0.399 e. The normalized spacial score (nSPS) is 21.1. The van der Waals surface area contributed by atoms with Crippen molar-refractivity contribution >= 4 is 27.5 Å². The minimum atomic E-state index is 0.0583. The Hall–Kier alpha value is -1.07. The second-order valence-electron chi connectivity index (χ2n) is 4.85. The Morgan fingerprint density at radius 3 is 2.72 bits per heavy atom. The number of nitrogens with zero attached hydrogens (tertiary/aromatic N) is 2. The Kier molecular flexibility index (Phi) is 3.92. The second-order valence-corrected chi connectivity index (χ2v) is 5.77. The van der Waals surface area contributed by atoms with Gasteiger partial charge in [0.05, 0.1) is 0 Å². The van der Waals surface area contributed by atoms with Crippen molar-refractivity contribution in [1.29, 1.82) is 0 Å². The van der Waals surface area contributed by atoms with Crippen molar-refractivity contribution < 1.29 is 4.79 Å². The molecule has 0 spiro atoms. The van der Waals surface area contributed by atoms with Crippen LogP contribution in [0.5, 0.6) is 0 Å². The van der Waals surface area contributed by atoms with Gasteiger partial charge in [0.15, 0.2) is 0 Å². The molecule has 1 aliphatic rings. The number of nitrogens with two attached hydrogens (primary N) is 1. The summed E-state index contributed by atoms with van der Waals surface area (Å²) in [6.45, 7) is 4.58. The van der Waals surface area contributed by atoms with E-state index < -0.39 is 0 Å². The molecule has 2 N–H and O–H groups in total. The topological polar surface area (TPSA) is 49.6 Å². The highest BCUT2D eigenvalue weighted by molar-refractivity contribution is 9.10. The SMILES string of the molecule is CC1CN(C(=O)c2cc(N)cc(Br)c2)CCN1C. The minimum Gasteiger partial charge on any atom is -0.399 e. The van der Waals surface area contributed by atoms with E-state index in [-0.39, 0.29) is 5.91 Å².